The quantitative estimate of drug-likeness (QED) is 0.401. The maximum absolute atomic E-state index is 12.4. The van der Waals surface area contributed by atoms with E-state index in [2.05, 4.69) is 5.32 Å². The molecule has 0 radical (unpaired) electrons. The Kier molecular flexibility index (Phi) is 8.95. The first-order valence-corrected chi connectivity index (χ1v) is 10.6. The Morgan fingerprint density at radius 2 is 1.90 bits per heavy atom. The molecule has 0 aliphatic carbocycles. The number of hydrogen-bond acceptors (Lipinski definition) is 7. The van der Waals surface area contributed by atoms with Crippen LogP contribution < -0.4 is 10.1 Å². The summed E-state index contributed by atoms with van der Waals surface area (Å²) in [7, 11) is 1.25. The van der Waals surface area contributed by atoms with Gasteiger partial charge >= 0.3 is 11.9 Å². The molecule has 0 aliphatic heterocycles. The number of carbonyl (C=O) groups is 3. The highest BCUT2D eigenvalue weighted by Gasteiger charge is 2.27. The highest BCUT2D eigenvalue weighted by Crippen LogP contribution is 2.34. The lowest BCUT2D eigenvalue weighted by atomic mass is 10.1. The summed E-state index contributed by atoms with van der Waals surface area (Å²) in [5, 5.41) is 3.81. The minimum atomic E-state index is -0.614. The van der Waals surface area contributed by atoms with Crippen LogP contribution in [0.2, 0.25) is 10.0 Å². The zero-order valence-corrected chi connectivity index (χ0v) is 19.0. The van der Waals surface area contributed by atoms with Crippen LogP contribution in [0, 0.1) is 6.92 Å². The lowest BCUT2D eigenvalue weighted by molar-refractivity contribution is -0.116. The van der Waals surface area contributed by atoms with Gasteiger partial charge in [0.25, 0.3) is 0 Å². The highest BCUT2D eigenvalue weighted by molar-refractivity contribution is 7.18. The van der Waals surface area contributed by atoms with Gasteiger partial charge in [0, 0.05) is 11.4 Å². The maximum Gasteiger partial charge on any atom is 0.348 e. The zero-order valence-electron chi connectivity index (χ0n) is 16.7. The van der Waals surface area contributed by atoms with E-state index in [1.807, 2.05) is 0 Å². The summed E-state index contributed by atoms with van der Waals surface area (Å²) in [6.07, 6.45) is 0.547. The van der Waals surface area contributed by atoms with Crippen LogP contribution in [0.4, 0.5) is 5.00 Å². The molecule has 30 heavy (non-hydrogen) atoms. The van der Waals surface area contributed by atoms with Gasteiger partial charge in [-0.05, 0) is 44.0 Å². The topological polar surface area (TPSA) is 90.9 Å². The third kappa shape index (κ3) is 6.10. The summed E-state index contributed by atoms with van der Waals surface area (Å²) in [4.78, 5) is 36.8. The van der Waals surface area contributed by atoms with Crippen molar-refractivity contribution in [3.63, 3.8) is 0 Å². The van der Waals surface area contributed by atoms with Crippen LogP contribution in [0.3, 0.4) is 0 Å². The summed E-state index contributed by atoms with van der Waals surface area (Å²) in [6, 6.07) is 4.88. The number of thiophene rings is 1. The van der Waals surface area contributed by atoms with Crippen molar-refractivity contribution >= 4 is 57.4 Å². The first-order valence-electron chi connectivity index (χ1n) is 9.05. The Morgan fingerprint density at radius 1 is 1.17 bits per heavy atom. The number of benzene rings is 1. The van der Waals surface area contributed by atoms with Gasteiger partial charge in [-0.15, -0.1) is 11.3 Å². The van der Waals surface area contributed by atoms with Gasteiger partial charge in [-0.25, -0.2) is 9.59 Å². The molecule has 2 aromatic rings. The molecule has 7 nitrogen and oxygen atoms in total. The van der Waals surface area contributed by atoms with Crippen molar-refractivity contribution < 1.29 is 28.6 Å². The average Bonchev–Trinajstić information content (AvgIpc) is 3.02. The van der Waals surface area contributed by atoms with E-state index in [9.17, 15) is 14.4 Å². The van der Waals surface area contributed by atoms with Crippen LogP contribution in [-0.4, -0.2) is 38.2 Å². The Bertz CT molecular complexity index is 944. The SMILES string of the molecule is CCOC(=O)c1c(NC(=O)CCCOc2ccc(Cl)cc2Cl)sc(C(=O)OC)c1C. The van der Waals surface area contributed by atoms with Gasteiger partial charge in [0.1, 0.15) is 15.6 Å². The van der Waals surface area contributed by atoms with Crippen LogP contribution in [-0.2, 0) is 14.3 Å². The predicted octanol–water partition coefficient (Wildman–Crippen LogP) is 5.12. The highest BCUT2D eigenvalue weighted by atomic mass is 35.5. The van der Waals surface area contributed by atoms with Gasteiger partial charge in [0.05, 0.1) is 30.9 Å². The molecule has 0 saturated heterocycles. The zero-order chi connectivity index (χ0) is 22.3. The first-order chi connectivity index (χ1) is 14.3. The van der Waals surface area contributed by atoms with Gasteiger partial charge in [0.2, 0.25) is 5.91 Å². The molecule has 0 spiro atoms. The maximum atomic E-state index is 12.4. The van der Waals surface area contributed by atoms with Crippen LogP contribution in [0.1, 0.15) is 45.4 Å². The van der Waals surface area contributed by atoms with E-state index >= 15 is 0 Å². The fraction of sp³-hybridized carbons (Fsp3) is 0.350. The Labute approximate surface area is 188 Å². The molecule has 1 aromatic carbocycles. The minimum absolute atomic E-state index is 0.137. The fourth-order valence-electron chi connectivity index (χ4n) is 2.53. The third-order valence-electron chi connectivity index (χ3n) is 3.95. The molecule has 0 atom stereocenters. The Morgan fingerprint density at radius 3 is 2.53 bits per heavy atom. The van der Waals surface area contributed by atoms with E-state index in [4.69, 9.17) is 37.4 Å². The number of carbonyl (C=O) groups excluding carboxylic acids is 3. The second-order valence-corrected chi connectivity index (χ2v) is 7.91. The van der Waals surface area contributed by atoms with Gasteiger partial charge in [-0.2, -0.15) is 0 Å². The van der Waals surface area contributed by atoms with Gasteiger partial charge < -0.3 is 19.5 Å². The molecule has 10 heteroatoms. The molecule has 162 valence electrons. The largest absolute Gasteiger partial charge is 0.492 e. The number of methoxy groups -OCH3 is 1. The minimum Gasteiger partial charge on any atom is -0.492 e. The monoisotopic (exact) mass is 473 g/mol. The lowest BCUT2D eigenvalue weighted by Crippen LogP contribution is -2.15. The van der Waals surface area contributed by atoms with Crippen molar-refractivity contribution in [1.82, 2.24) is 0 Å². The number of nitrogens with one attached hydrogen (secondary N) is 1. The molecule has 0 bridgehead atoms. The van der Waals surface area contributed by atoms with Gasteiger partial charge in [-0.1, -0.05) is 23.2 Å². The number of esters is 2. The van der Waals surface area contributed by atoms with Crippen molar-refractivity contribution in [2.24, 2.45) is 0 Å². The van der Waals surface area contributed by atoms with Crippen molar-refractivity contribution in [3.05, 3.63) is 44.2 Å². The molecule has 0 unspecified atom stereocenters. The molecule has 0 fully saturated rings. The smallest absolute Gasteiger partial charge is 0.348 e. The van der Waals surface area contributed by atoms with E-state index in [1.165, 1.54) is 7.11 Å². The van der Waals surface area contributed by atoms with E-state index in [1.54, 1.807) is 32.0 Å². The first kappa shape index (κ1) is 24.0. The fourth-order valence-corrected chi connectivity index (χ4v) is 4.13. The number of hydrogen-bond donors (Lipinski definition) is 1. The molecular formula is C20H21Cl2NO6S. The van der Waals surface area contributed by atoms with Crippen molar-refractivity contribution in [1.29, 1.82) is 0 Å². The molecule has 1 amide bonds. The summed E-state index contributed by atoms with van der Waals surface area (Å²) in [5.41, 5.74) is 0.557. The molecular weight excluding hydrogens is 453 g/mol. The summed E-state index contributed by atoms with van der Waals surface area (Å²) in [6.45, 7) is 3.70. The molecule has 1 aromatic heterocycles. The Balaban J connectivity index is 2.01. The van der Waals surface area contributed by atoms with Gasteiger partial charge in [0.15, 0.2) is 0 Å². The van der Waals surface area contributed by atoms with Crippen LogP contribution in [0.25, 0.3) is 0 Å². The van der Waals surface area contributed by atoms with Crippen LogP contribution in [0.5, 0.6) is 5.75 Å². The molecule has 0 saturated carbocycles. The summed E-state index contributed by atoms with van der Waals surface area (Å²) < 4.78 is 15.3. The standard InChI is InChI=1S/C20H21Cl2NO6S/c1-4-28-19(25)16-11(2)17(20(26)27-3)30-18(16)23-15(24)6-5-9-29-14-8-7-12(21)10-13(14)22/h7-8,10H,4-6,9H2,1-3H3,(H,23,24). The summed E-state index contributed by atoms with van der Waals surface area (Å²) in [5.74, 6) is -1.05. The van der Waals surface area contributed by atoms with E-state index in [0.29, 0.717) is 27.8 Å². The normalized spacial score (nSPS) is 10.4. The molecule has 1 heterocycles. The Hall–Kier alpha value is -2.29. The van der Waals surface area contributed by atoms with E-state index < -0.39 is 11.9 Å². The number of rotatable bonds is 9. The number of halogens is 2. The second kappa shape index (κ2) is 11.2. The molecule has 2 rings (SSSR count). The lowest BCUT2D eigenvalue weighted by Gasteiger charge is -2.09. The second-order valence-electron chi connectivity index (χ2n) is 6.05. The van der Waals surface area contributed by atoms with Crippen LogP contribution in [0.15, 0.2) is 18.2 Å². The predicted molar refractivity (Wildman–Crippen MR) is 116 cm³/mol. The average molecular weight is 474 g/mol. The number of anilines is 1. The summed E-state index contributed by atoms with van der Waals surface area (Å²) >= 11 is 12.8. The molecule has 1 N–H and O–H groups in total. The van der Waals surface area contributed by atoms with E-state index in [0.717, 1.165) is 11.3 Å². The van der Waals surface area contributed by atoms with Crippen LogP contribution >= 0.6 is 34.5 Å². The van der Waals surface area contributed by atoms with Crippen molar-refractivity contribution in [3.8, 4) is 5.75 Å². The van der Waals surface area contributed by atoms with E-state index in [-0.39, 0.29) is 41.0 Å². The number of amides is 1. The number of ether oxygens (including phenoxy) is 3. The van der Waals surface area contributed by atoms with Crippen molar-refractivity contribution in [2.45, 2.75) is 26.7 Å². The van der Waals surface area contributed by atoms with Gasteiger partial charge in [-0.3, -0.25) is 4.79 Å². The molecule has 0 aliphatic rings. The van der Waals surface area contributed by atoms with Crippen molar-refractivity contribution in [2.75, 3.05) is 25.6 Å². The third-order valence-corrected chi connectivity index (χ3v) is 5.67.